The molecule has 4 nitrogen and oxygen atoms in total. The largest absolute Gasteiger partial charge is 0.507 e. The number of para-hydroxylation sites is 1. The molecule has 0 heterocycles. The minimum Gasteiger partial charge on any atom is -0.507 e. The molecule has 2 aromatic rings. The molecule has 9 heteroatoms. The predicted molar refractivity (Wildman–Crippen MR) is 81.7 cm³/mol. The molecule has 0 aliphatic rings. The molecule has 2 N–H and O–H groups in total. The van der Waals surface area contributed by atoms with Crippen LogP contribution in [0.5, 0.6) is 11.5 Å². The highest BCUT2D eigenvalue weighted by Crippen LogP contribution is 2.49. The molecule has 2 aromatic carbocycles. The molecule has 0 bridgehead atoms. The van der Waals surface area contributed by atoms with E-state index in [0.717, 1.165) is 6.07 Å². The summed E-state index contributed by atoms with van der Waals surface area (Å²) in [6, 6.07) is 5.17. The lowest BCUT2D eigenvalue weighted by molar-refractivity contribution is 0.453. The maximum atomic E-state index is 12.5. The summed E-state index contributed by atoms with van der Waals surface area (Å²) in [6.07, 6.45) is 0. The summed E-state index contributed by atoms with van der Waals surface area (Å²) < 4.78 is 25.1. The van der Waals surface area contributed by atoms with Crippen molar-refractivity contribution in [2.75, 3.05) is 0 Å². The summed E-state index contributed by atoms with van der Waals surface area (Å²) in [4.78, 5) is -1.17. The maximum absolute atomic E-state index is 12.5. The van der Waals surface area contributed by atoms with Gasteiger partial charge in [0, 0.05) is 0 Å². The minimum atomic E-state index is -4.35. The second kappa shape index (κ2) is 5.74. The van der Waals surface area contributed by atoms with Crippen LogP contribution in [0.3, 0.4) is 0 Å². The topological polar surface area (TPSA) is 74.6 Å². The van der Waals surface area contributed by atoms with Crippen LogP contribution in [-0.2, 0) is 9.84 Å². The molecule has 0 saturated heterocycles. The molecule has 0 fully saturated rings. The van der Waals surface area contributed by atoms with Crippen molar-refractivity contribution in [3.8, 4) is 11.5 Å². The van der Waals surface area contributed by atoms with Gasteiger partial charge in [-0.1, -0.05) is 58.5 Å². The number of sulfone groups is 1. The standard InChI is InChI=1S/C12H6Cl4O4S/c13-7-8(14)10(16)12(11(18)9(7)15)21(19,20)6-4-2-1-3-5(6)17/h1-4,17-18H. The smallest absolute Gasteiger partial charge is 0.215 e. The van der Waals surface area contributed by atoms with E-state index in [1.165, 1.54) is 18.2 Å². The van der Waals surface area contributed by atoms with Gasteiger partial charge in [-0.25, -0.2) is 8.42 Å². The first-order valence-electron chi connectivity index (χ1n) is 5.27. The van der Waals surface area contributed by atoms with Crippen molar-refractivity contribution >= 4 is 56.2 Å². The van der Waals surface area contributed by atoms with Crippen molar-refractivity contribution in [1.29, 1.82) is 0 Å². The molecule has 0 radical (unpaired) electrons. The van der Waals surface area contributed by atoms with E-state index in [1.807, 2.05) is 0 Å². The summed E-state index contributed by atoms with van der Waals surface area (Å²) in [6.45, 7) is 0. The third-order valence-electron chi connectivity index (χ3n) is 2.62. The van der Waals surface area contributed by atoms with E-state index in [-0.39, 0.29) is 10.0 Å². The molecule has 0 aliphatic carbocycles. The predicted octanol–water partition coefficient (Wildman–Crippen LogP) is 4.54. The van der Waals surface area contributed by atoms with Gasteiger partial charge in [0.15, 0.2) is 5.75 Å². The Kier molecular flexibility index (Phi) is 4.52. The summed E-state index contributed by atoms with van der Waals surface area (Å²) in [5.41, 5.74) is 0. The van der Waals surface area contributed by atoms with Crippen molar-refractivity contribution in [3.63, 3.8) is 0 Å². The fourth-order valence-electron chi connectivity index (χ4n) is 1.64. The summed E-state index contributed by atoms with van der Waals surface area (Å²) in [5.74, 6) is -1.34. The zero-order chi connectivity index (χ0) is 15.9. The SMILES string of the molecule is O=S(=O)(c1ccccc1O)c1c(O)c(Cl)c(Cl)c(Cl)c1Cl. The van der Waals surface area contributed by atoms with Gasteiger partial charge in [0.1, 0.15) is 20.6 Å². The van der Waals surface area contributed by atoms with Gasteiger partial charge in [0.25, 0.3) is 0 Å². The lowest BCUT2D eigenvalue weighted by Crippen LogP contribution is -2.04. The van der Waals surface area contributed by atoms with Crippen molar-refractivity contribution in [2.24, 2.45) is 0 Å². The van der Waals surface area contributed by atoms with Crippen LogP contribution in [0.25, 0.3) is 0 Å². The number of rotatable bonds is 2. The molecular weight excluding hydrogens is 382 g/mol. The second-order valence-corrected chi connectivity index (χ2v) is 7.27. The average molecular weight is 388 g/mol. The van der Waals surface area contributed by atoms with E-state index < -0.39 is 41.2 Å². The first kappa shape index (κ1) is 16.5. The Bertz CT molecular complexity index is 804. The number of halogens is 4. The molecular formula is C12H6Cl4O4S. The molecule has 0 unspecified atom stereocenters. The average Bonchev–Trinajstić information content (AvgIpc) is 2.43. The van der Waals surface area contributed by atoms with Crippen LogP contribution >= 0.6 is 46.4 Å². The fraction of sp³-hybridized carbons (Fsp3) is 0. The van der Waals surface area contributed by atoms with E-state index in [0.29, 0.717) is 0 Å². The van der Waals surface area contributed by atoms with Crippen LogP contribution < -0.4 is 0 Å². The summed E-state index contributed by atoms with van der Waals surface area (Å²) in [7, 11) is -4.35. The Balaban J connectivity index is 2.88. The number of phenolic OH excluding ortho intramolecular Hbond substituents is 2. The lowest BCUT2D eigenvalue weighted by atomic mass is 10.3. The molecule has 0 aliphatic heterocycles. The third kappa shape index (κ3) is 2.64. The molecule has 0 saturated carbocycles. The molecule has 0 atom stereocenters. The van der Waals surface area contributed by atoms with Gasteiger partial charge >= 0.3 is 0 Å². The van der Waals surface area contributed by atoms with Crippen molar-refractivity contribution in [2.45, 2.75) is 9.79 Å². The first-order chi connectivity index (χ1) is 9.69. The molecule has 0 aromatic heterocycles. The quantitative estimate of drug-likeness (QED) is 0.585. The van der Waals surface area contributed by atoms with Crippen LogP contribution in [-0.4, -0.2) is 18.6 Å². The number of phenols is 2. The summed E-state index contributed by atoms with van der Waals surface area (Å²) >= 11 is 23.2. The highest BCUT2D eigenvalue weighted by atomic mass is 35.5. The normalized spacial score (nSPS) is 11.6. The monoisotopic (exact) mass is 386 g/mol. The van der Waals surface area contributed by atoms with Gasteiger partial charge in [-0.2, -0.15) is 0 Å². The van der Waals surface area contributed by atoms with E-state index >= 15 is 0 Å². The van der Waals surface area contributed by atoms with Crippen LogP contribution in [0.4, 0.5) is 0 Å². The number of benzene rings is 2. The molecule has 2 rings (SSSR count). The van der Waals surface area contributed by atoms with Crippen molar-refractivity contribution in [3.05, 3.63) is 44.4 Å². The highest BCUT2D eigenvalue weighted by molar-refractivity contribution is 7.91. The van der Waals surface area contributed by atoms with E-state index in [9.17, 15) is 18.6 Å². The Morgan fingerprint density at radius 1 is 0.810 bits per heavy atom. The van der Waals surface area contributed by atoms with E-state index in [4.69, 9.17) is 46.4 Å². The Labute approximate surface area is 140 Å². The molecule has 0 spiro atoms. The number of aromatic hydroxyl groups is 2. The van der Waals surface area contributed by atoms with Crippen LogP contribution in [0.15, 0.2) is 34.1 Å². The summed E-state index contributed by atoms with van der Waals surface area (Å²) in [5, 5.41) is 18.1. The van der Waals surface area contributed by atoms with Crippen molar-refractivity contribution in [1.82, 2.24) is 0 Å². The van der Waals surface area contributed by atoms with Crippen LogP contribution in [0.2, 0.25) is 20.1 Å². The fourth-order valence-corrected chi connectivity index (χ4v) is 4.41. The molecule has 21 heavy (non-hydrogen) atoms. The van der Waals surface area contributed by atoms with Crippen LogP contribution in [0.1, 0.15) is 0 Å². The Morgan fingerprint density at radius 2 is 1.33 bits per heavy atom. The minimum absolute atomic E-state index is 0.267. The van der Waals surface area contributed by atoms with Gasteiger partial charge < -0.3 is 10.2 Å². The van der Waals surface area contributed by atoms with E-state index in [2.05, 4.69) is 0 Å². The lowest BCUT2D eigenvalue weighted by Gasteiger charge is -2.13. The van der Waals surface area contributed by atoms with E-state index in [1.54, 1.807) is 0 Å². The second-order valence-electron chi connectivity index (χ2n) is 3.90. The van der Waals surface area contributed by atoms with Crippen molar-refractivity contribution < 1.29 is 18.6 Å². The van der Waals surface area contributed by atoms with Gasteiger partial charge in [0.2, 0.25) is 9.84 Å². The molecule has 0 amide bonds. The number of hydrogen-bond acceptors (Lipinski definition) is 4. The zero-order valence-electron chi connectivity index (χ0n) is 9.94. The van der Waals surface area contributed by atoms with Crippen LogP contribution in [0, 0.1) is 0 Å². The Morgan fingerprint density at radius 3 is 1.90 bits per heavy atom. The highest BCUT2D eigenvalue weighted by Gasteiger charge is 2.32. The zero-order valence-corrected chi connectivity index (χ0v) is 13.8. The van der Waals surface area contributed by atoms with Gasteiger partial charge in [0.05, 0.1) is 15.1 Å². The van der Waals surface area contributed by atoms with Gasteiger partial charge in [-0.3, -0.25) is 0 Å². The Hall–Kier alpha value is -0.850. The third-order valence-corrected chi connectivity index (χ3v) is 6.39. The number of hydrogen-bond donors (Lipinski definition) is 2. The first-order valence-corrected chi connectivity index (χ1v) is 8.27. The maximum Gasteiger partial charge on any atom is 0.215 e. The van der Waals surface area contributed by atoms with Gasteiger partial charge in [-0.15, -0.1) is 0 Å². The van der Waals surface area contributed by atoms with Gasteiger partial charge in [-0.05, 0) is 12.1 Å². The molecule has 112 valence electrons.